The van der Waals surface area contributed by atoms with Crippen molar-refractivity contribution in [1.29, 1.82) is 0 Å². The van der Waals surface area contributed by atoms with Gasteiger partial charge in [0.25, 0.3) is 0 Å². The first-order chi connectivity index (χ1) is 5.54. The smallest absolute Gasteiger partial charge is 0.307 e. The first kappa shape index (κ1) is 9.23. The summed E-state index contributed by atoms with van der Waals surface area (Å²) in [7, 11) is 0. The predicted octanol–water partition coefficient (Wildman–Crippen LogP) is 1.32. The van der Waals surface area contributed by atoms with Crippen LogP contribution in [0.2, 0.25) is 0 Å². The molecule has 0 spiro atoms. The Hall–Kier alpha value is -0.860. The maximum absolute atomic E-state index is 11.2. The number of rotatable bonds is 1. The fourth-order valence-electron chi connectivity index (χ4n) is 1.93. The van der Waals surface area contributed by atoms with Crippen LogP contribution in [-0.4, -0.2) is 16.9 Å². The number of hydrogen-bond acceptors (Lipinski definition) is 2. The van der Waals surface area contributed by atoms with E-state index in [9.17, 15) is 9.59 Å². The molecule has 12 heavy (non-hydrogen) atoms. The summed E-state index contributed by atoms with van der Waals surface area (Å²) in [5.74, 6) is -1.36. The van der Waals surface area contributed by atoms with E-state index in [1.54, 1.807) is 6.92 Å². The highest BCUT2D eigenvalue weighted by Crippen LogP contribution is 2.32. The van der Waals surface area contributed by atoms with Crippen molar-refractivity contribution in [3.8, 4) is 0 Å². The summed E-state index contributed by atoms with van der Waals surface area (Å²) in [5.41, 5.74) is 0. The Morgan fingerprint density at radius 2 is 2.08 bits per heavy atom. The van der Waals surface area contributed by atoms with Gasteiger partial charge < -0.3 is 5.11 Å². The van der Waals surface area contributed by atoms with E-state index >= 15 is 0 Å². The highest BCUT2D eigenvalue weighted by molar-refractivity contribution is 5.87. The number of carboxylic acid groups (broad SMARTS) is 1. The minimum Gasteiger partial charge on any atom is -0.481 e. The van der Waals surface area contributed by atoms with E-state index in [-0.39, 0.29) is 17.6 Å². The molecule has 0 amide bonds. The van der Waals surface area contributed by atoms with E-state index in [1.165, 1.54) is 0 Å². The second-order valence-electron chi connectivity index (χ2n) is 3.63. The van der Waals surface area contributed by atoms with Gasteiger partial charge >= 0.3 is 5.97 Å². The molecule has 3 heteroatoms. The lowest BCUT2D eigenvalue weighted by Gasteiger charge is -2.29. The Balaban J connectivity index is 2.78. The van der Waals surface area contributed by atoms with Gasteiger partial charge in [-0.2, -0.15) is 0 Å². The Kier molecular flexibility index (Phi) is 2.50. The topological polar surface area (TPSA) is 54.4 Å². The zero-order chi connectivity index (χ0) is 9.30. The third kappa shape index (κ3) is 1.49. The molecule has 1 fully saturated rings. The Morgan fingerprint density at radius 3 is 2.50 bits per heavy atom. The maximum Gasteiger partial charge on any atom is 0.307 e. The van der Waals surface area contributed by atoms with Crippen molar-refractivity contribution < 1.29 is 14.7 Å². The molecular weight excluding hydrogens is 156 g/mol. The van der Waals surface area contributed by atoms with Crippen LogP contribution in [0.15, 0.2) is 0 Å². The van der Waals surface area contributed by atoms with Gasteiger partial charge in [0.05, 0.1) is 5.92 Å². The monoisotopic (exact) mass is 170 g/mol. The van der Waals surface area contributed by atoms with Gasteiger partial charge in [-0.25, -0.2) is 0 Å². The van der Waals surface area contributed by atoms with Gasteiger partial charge in [-0.05, 0) is 12.3 Å². The molecule has 3 unspecified atom stereocenters. The van der Waals surface area contributed by atoms with Gasteiger partial charge in [0.2, 0.25) is 0 Å². The average Bonchev–Trinajstić information content (AvgIpc) is 1.97. The minimum absolute atomic E-state index is 0.0977. The molecule has 3 nitrogen and oxygen atoms in total. The van der Waals surface area contributed by atoms with Crippen LogP contribution in [0.4, 0.5) is 0 Å². The van der Waals surface area contributed by atoms with Crippen molar-refractivity contribution in [2.24, 2.45) is 17.8 Å². The standard InChI is InChI=1S/C9H14O3/c1-5-3-4-7(10)6(2)8(5)9(11)12/h5-6,8H,3-4H2,1-2H3,(H,11,12). The van der Waals surface area contributed by atoms with Gasteiger partial charge in [0.1, 0.15) is 5.78 Å². The van der Waals surface area contributed by atoms with Crippen LogP contribution in [0, 0.1) is 17.8 Å². The molecule has 1 rings (SSSR count). The van der Waals surface area contributed by atoms with Crippen molar-refractivity contribution in [1.82, 2.24) is 0 Å². The quantitative estimate of drug-likeness (QED) is 0.645. The maximum atomic E-state index is 11.2. The number of hydrogen-bond donors (Lipinski definition) is 1. The van der Waals surface area contributed by atoms with Crippen molar-refractivity contribution in [3.63, 3.8) is 0 Å². The van der Waals surface area contributed by atoms with Crippen molar-refractivity contribution in [2.75, 3.05) is 0 Å². The molecule has 0 bridgehead atoms. The Bertz CT molecular complexity index is 210. The number of carbonyl (C=O) groups excluding carboxylic acids is 1. The number of ketones is 1. The predicted molar refractivity (Wildman–Crippen MR) is 43.7 cm³/mol. The van der Waals surface area contributed by atoms with Crippen molar-refractivity contribution in [2.45, 2.75) is 26.7 Å². The summed E-state index contributed by atoms with van der Waals surface area (Å²) in [6.07, 6.45) is 1.27. The summed E-state index contributed by atoms with van der Waals surface area (Å²) in [6, 6.07) is 0. The number of carbonyl (C=O) groups is 2. The van der Waals surface area contributed by atoms with Crippen LogP contribution in [0.5, 0.6) is 0 Å². The first-order valence-electron chi connectivity index (χ1n) is 4.29. The summed E-state index contributed by atoms with van der Waals surface area (Å²) < 4.78 is 0. The van der Waals surface area contributed by atoms with Gasteiger partial charge in [-0.3, -0.25) is 9.59 Å². The molecule has 1 aliphatic carbocycles. The van der Waals surface area contributed by atoms with Crippen molar-refractivity contribution >= 4 is 11.8 Å². The highest BCUT2D eigenvalue weighted by Gasteiger charge is 2.37. The number of carboxylic acids is 1. The van der Waals surface area contributed by atoms with E-state index < -0.39 is 11.9 Å². The van der Waals surface area contributed by atoms with Gasteiger partial charge in [-0.15, -0.1) is 0 Å². The molecule has 0 aromatic heterocycles. The van der Waals surface area contributed by atoms with E-state index in [0.717, 1.165) is 6.42 Å². The molecule has 1 aliphatic rings. The molecule has 0 heterocycles. The van der Waals surface area contributed by atoms with Gasteiger partial charge in [-0.1, -0.05) is 13.8 Å². The molecule has 0 aromatic carbocycles. The average molecular weight is 170 g/mol. The summed E-state index contributed by atoms with van der Waals surface area (Å²) in [4.78, 5) is 22.0. The third-order valence-electron chi connectivity index (χ3n) is 2.79. The summed E-state index contributed by atoms with van der Waals surface area (Å²) >= 11 is 0. The van der Waals surface area contributed by atoms with E-state index in [4.69, 9.17) is 5.11 Å². The molecule has 1 N–H and O–H groups in total. The normalized spacial score (nSPS) is 36.5. The minimum atomic E-state index is -0.831. The number of Topliss-reactive ketones (excluding diaryl/α,β-unsaturated/α-hetero) is 1. The summed E-state index contributed by atoms with van der Waals surface area (Å²) in [5, 5.41) is 8.84. The lowest BCUT2D eigenvalue weighted by atomic mass is 9.73. The second-order valence-corrected chi connectivity index (χ2v) is 3.63. The first-order valence-corrected chi connectivity index (χ1v) is 4.29. The Labute approximate surface area is 71.8 Å². The zero-order valence-corrected chi connectivity index (χ0v) is 7.41. The largest absolute Gasteiger partial charge is 0.481 e. The second kappa shape index (κ2) is 3.25. The van der Waals surface area contributed by atoms with Gasteiger partial charge in [0, 0.05) is 12.3 Å². The zero-order valence-electron chi connectivity index (χ0n) is 7.41. The fraction of sp³-hybridized carbons (Fsp3) is 0.778. The van der Waals surface area contributed by atoms with Gasteiger partial charge in [0.15, 0.2) is 0 Å². The molecule has 3 atom stereocenters. The molecule has 0 aliphatic heterocycles. The molecule has 68 valence electrons. The van der Waals surface area contributed by atoms with E-state index in [2.05, 4.69) is 0 Å². The Morgan fingerprint density at radius 1 is 1.50 bits per heavy atom. The highest BCUT2D eigenvalue weighted by atomic mass is 16.4. The SMILES string of the molecule is CC1CCC(=O)C(C)C1C(=O)O. The van der Waals surface area contributed by atoms with Crippen LogP contribution in [0.25, 0.3) is 0 Å². The number of aliphatic carboxylic acids is 1. The molecule has 1 saturated carbocycles. The van der Waals surface area contributed by atoms with Crippen LogP contribution in [0.1, 0.15) is 26.7 Å². The van der Waals surface area contributed by atoms with Crippen LogP contribution in [-0.2, 0) is 9.59 Å². The molecule has 0 saturated heterocycles. The summed E-state index contributed by atoms with van der Waals surface area (Å²) in [6.45, 7) is 3.62. The fourth-order valence-corrected chi connectivity index (χ4v) is 1.93. The third-order valence-corrected chi connectivity index (χ3v) is 2.79. The van der Waals surface area contributed by atoms with Crippen molar-refractivity contribution in [3.05, 3.63) is 0 Å². The van der Waals surface area contributed by atoms with Crippen LogP contribution >= 0.6 is 0 Å². The van der Waals surface area contributed by atoms with E-state index in [1.807, 2.05) is 6.92 Å². The molecule has 0 radical (unpaired) electrons. The van der Waals surface area contributed by atoms with E-state index in [0.29, 0.717) is 6.42 Å². The van der Waals surface area contributed by atoms with Crippen LogP contribution in [0.3, 0.4) is 0 Å². The molecule has 0 aromatic rings. The lowest BCUT2D eigenvalue weighted by molar-refractivity contribution is -0.150. The lowest BCUT2D eigenvalue weighted by Crippen LogP contribution is -2.37. The van der Waals surface area contributed by atoms with Crippen LogP contribution < -0.4 is 0 Å². The molecular formula is C9H14O3.